The van der Waals surface area contributed by atoms with E-state index < -0.39 is 17.8 Å². The van der Waals surface area contributed by atoms with E-state index in [0.29, 0.717) is 5.69 Å². The molecule has 26 heavy (non-hydrogen) atoms. The fourth-order valence-corrected chi connectivity index (χ4v) is 2.83. The molecule has 3 rings (SSSR count). The van der Waals surface area contributed by atoms with E-state index in [1.165, 1.54) is 6.08 Å². The van der Waals surface area contributed by atoms with Crippen LogP contribution in [0.3, 0.4) is 0 Å². The second-order valence-electron chi connectivity index (χ2n) is 5.73. The molecule has 1 heterocycles. The van der Waals surface area contributed by atoms with Crippen LogP contribution in [0.25, 0.3) is 6.08 Å². The number of hydrogen-bond acceptors (Lipinski definition) is 3. The van der Waals surface area contributed by atoms with Crippen molar-refractivity contribution in [1.29, 1.82) is 0 Å². The van der Waals surface area contributed by atoms with Gasteiger partial charge in [0.1, 0.15) is 5.57 Å². The largest absolute Gasteiger partial charge is 0.335 e. The van der Waals surface area contributed by atoms with Crippen molar-refractivity contribution in [2.75, 3.05) is 4.90 Å². The molecule has 130 valence electrons. The average Bonchev–Trinajstić information content (AvgIpc) is 2.61. The molecule has 0 unspecified atom stereocenters. The number of benzene rings is 2. The maximum absolute atomic E-state index is 12.8. The van der Waals surface area contributed by atoms with Gasteiger partial charge in [0.2, 0.25) is 0 Å². The molecule has 1 fully saturated rings. The number of allylic oxidation sites excluding steroid dienone is 2. The monoisotopic (exact) mass is 410 g/mol. The molecule has 1 aliphatic rings. The number of carbonyl (C=O) groups excluding carboxylic acids is 3. The van der Waals surface area contributed by atoms with Gasteiger partial charge >= 0.3 is 6.03 Å². The SMILES string of the molecule is CC(=Cc1ccccc1)C=C1C(=O)NC(=O)N(c2ccc(Br)cc2)C1=O. The molecule has 0 aromatic heterocycles. The highest BCUT2D eigenvalue weighted by molar-refractivity contribution is 9.10. The molecule has 2 aromatic rings. The van der Waals surface area contributed by atoms with E-state index in [0.717, 1.165) is 20.5 Å². The van der Waals surface area contributed by atoms with Gasteiger partial charge in [0.25, 0.3) is 11.8 Å². The Bertz CT molecular complexity index is 931. The number of imide groups is 2. The van der Waals surface area contributed by atoms with Crippen LogP contribution in [0.2, 0.25) is 0 Å². The third-order valence-corrected chi connectivity index (χ3v) is 4.28. The number of nitrogens with zero attached hydrogens (tertiary/aromatic N) is 1. The van der Waals surface area contributed by atoms with Gasteiger partial charge in [0.05, 0.1) is 5.69 Å². The molecule has 0 spiro atoms. The fourth-order valence-electron chi connectivity index (χ4n) is 2.56. The van der Waals surface area contributed by atoms with Crippen molar-refractivity contribution < 1.29 is 14.4 Å². The highest BCUT2D eigenvalue weighted by atomic mass is 79.9. The first kappa shape index (κ1) is 17.8. The quantitative estimate of drug-likeness (QED) is 0.612. The van der Waals surface area contributed by atoms with Gasteiger partial charge in [-0.25, -0.2) is 9.69 Å². The summed E-state index contributed by atoms with van der Waals surface area (Å²) in [6, 6.07) is 15.5. The number of carbonyl (C=O) groups is 3. The van der Waals surface area contributed by atoms with Gasteiger partial charge in [-0.05, 0) is 48.4 Å². The predicted molar refractivity (Wildman–Crippen MR) is 103 cm³/mol. The summed E-state index contributed by atoms with van der Waals surface area (Å²) in [6.45, 7) is 1.79. The summed E-state index contributed by atoms with van der Waals surface area (Å²) in [5.74, 6) is -1.35. The number of halogens is 1. The number of anilines is 1. The van der Waals surface area contributed by atoms with E-state index in [2.05, 4.69) is 21.2 Å². The van der Waals surface area contributed by atoms with Crippen LogP contribution in [0.15, 0.2) is 76.3 Å². The first-order valence-electron chi connectivity index (χ1n) is 7.86. The van der Waals surface area contributed by atoms with Crippen molar-refractivity contribution in [3.8, 4) is 0 Å². The Morgan fingerprint density at radius 1 is 1.00 bits per heavy atom. The van der Waals surface area contributed by atoms with Crippen LogP contribution in [0.5, 0.6) is 0 Å². The van der Waals surface area contributed by atoms with Crippen LogP contribution >= 0.6 is 15.9 Å². The van der Waals surface area contributed by atoms with E-state index in [4.69, 9.17) is 0 Å². The van der Waals surface area contributed by atoms with Crippen molar-refractivity contribution >= 4 is 45.5 Å². The van der Waals surface area contributed by atoms with Crippen molar-refractivity contribution in [3.05, 3.63) is 81.9 Å². The molecule has 1 N–H and O–H groups in total. The predicted octanol–water partition coefficient (Wildman–Crippen LogP) is 4.06. The van der Waals surface area contributed by atoms with Crippen LogP contribution in [-0.4, -0.2) is 17.8 Å². The van der Waals surface area contributed by atoms with Gasteiger partial charge in [0.15, 0.2) is 0 Å². The van der Waals surface area contributed by atoms with E-state index in [-0.39, 0.29) is 5.57 Å². The summed E-state index contributed by atoms with van der Waals surface area (Å²) in [6.07, 6.45) is 3.34. The second-order valence-corrected chi connectivity index (χ2v) is 6.65. The number of hydrogen-bond donors (Lipinski definition) is 1. The number of urea groups is 1. The average molecular weight is 411 g/mol. The minimum absolute atomic E-state index is 0.0859. The minimum atomic E-state index is -0.760. The second kappa shape index (κ2) is 7.49. The van der Waals surface area contributed by atoms with Crippen molar-refractivity contribution in [3.63, 3.8) is 0 Å². The number of nitrogens with one attached hydrogen (secondary N) is 1. The Balaban J connectivity index is 1.94. The Kier molecular flexibility index (Phi) is 5.14. The third-order valence-electron chi connectivity index (χ3n) is 3.75. The molecule has 5 nitrogen and oxygen atoms in total. The van der Waals surface area contributed by atoms with Gasteiger partial charge < -0.3 is 0 Å². The molecule has 1 saturated heterocycles. The molecule has 4 amide bonds. The van der Waals surface area contributed by atoms with Crippen molar-refractivity contribution in [1.82, 2.24) is 5.32 Å². The van der Waals surface area contributed by atoms with Crippen LogP contribution in [-0.2, 0) is 9.59 Å². The van der Waals surface area contributed by atoms with E-state index in [1.54, 1.807) is 31.2 Å². The van der Waals surface area contributed by atoms with Gasteiger partial charge in [-0.1, -0.05) is 52.3 Å². The van der Waals surface area contributed by atoms with Crippen molar-refractivity contribution in [2.24, 2.45) is 0 Å². The van der Waals surface area contributed by atoms with E-state index in [9.17, 15) is 14.4 Å². The molecule has 0 atom stereocenters. The normalized spacial score (nSPS) is 16.8. The Hall–Kier alpha value is -2.99. The lowest BCUT2D eigenvalue weighted by Crippen LogP contribution is -2.54. The van der Waals surface area contributed by atoms with Gasteiger partial charge in [-0.15, -0.1) is 0 Å². The standard InChI is InChI=1S/C20H15BrN2O3/c1-13(11-14-5-3-2-4-6-14)12-17-18(24)22-20(26)23(19(17)25)16-9-7-15(21)8-10-16/h2-12H,1H3,(H,22,24,26). The minimum Gasteiger partial charge on any atom is -0.273 e. The van der Waals surface area contributed by atoms with E-state index >= 15 is 0 Å². The fraction of sp³-hybridized carbons (Fsp3) is 0.0500. The van der Waals surface area contributed by atoms with Gasteiger partial charge in [0, 0.05) is 4.47 Å². The maximum Gasteiger partial charge on any atom is 0.335 e. The maximum atomic E-state index is 12.8. The molecule has 6 heteroatoms. The molecule has 0 saturated carbocycles. The first-order chi connectivity index (χ1) is 12.5. The smallest absolute Gasteiger partial charge is 0.273 e. The Morgan fingerprint density at radius 2 is 1.65 bits per heavy atom. The molecule has 0 radical (unpaired) electrons. The Labute approximate surface area is 159 Å². The zero-order valence-electron chi connectivity index (χ0n) is 13.9. The summed E-state index contributed by atoms with van der Waals surface area (Å²) >= 11 is 3.31. The summed E-state index contributed by atoms with van der Waals surface area (Å²) < 4.78 is 0.819. The number of barbiturate groups is 1. The lowest BCUT2D eigenvalue weighted by Gasteiger charge is -2.26. The lowest BCUT2D eigenvalue weighted by atomic mass is 10.1. The zero-order chi connectivity index (χ0) is 18.7. The number of rotatable bonds is 3. The molecule has 1 aliphatic heterocycles. The van der Waals surface area contributed by atoms with Gasteiger partial charge in [-0.2, -0.15) is 0 Å². The summed E-state index contributed by atoms with van der Waals surface area (Å²) in [5, 5.41) is 2.21. The molecule has 0 aliphatic carbocycles. The highest BCUT2D eigenvalue weighted by Gasteiger charge is 2.36. The zero-order valence-corrected chi connectivity index (χ0v) is 15.5. The van der Waals surface area contributed by atoms with Crippen LogP contribution in [0, 0.1) is 0 Å². The topological polar surface area (TPSA) is 66.5 Å². The summed E-state index contributed by atoms with van der Waals surface area (Å²) in [7, 11) is 0. The number of amides is 4. The summed E-state index contributed by atoms with van der Waals surface area (Å²) in [4.78, 5) is 38.0. The lowest BCUT2D eigenvalue weighted by molar-refractivity contribution is -0.122. The first-order valence-corrected chi connectivity index (χ1v) is 8.65. The molecular formula is C20H15BrN2O3. The Morgan fingerprint density at radius 3 is 2.31 bits per heavy atom. The van der Waals surface area contributed by atoms with Crippen LogP contribution in [0.1, 0.15) is 12.5 Å². The van der Waals surface area contributed by atoms with Crippen LogP contribution < -0.4 is 10.2 Å². The molecule has 2 aromatic carbocycles. The third kappa shape index (κ3) is 3.81. The highest BCUT2D eigenvalue weighted by Crippen LogP contribution is 2.23. The molecular weight excluding hydrogens is 396 g/mol. The van der Waals surface area contributed by atoms with Crippen LogP contribution in [0.4, 0.5) is 10.5 Å². The van der Waals surface area contributed by atoms with Gasteiger partial charge in [-0.3, -0.25) is 14.9 Å². The van der Waals surface area contributed by atoms with E-state index in [1.807, 2.05) is 36.4 Å². The molecule has 0 bridgehead atoms. The van der Waals surface area contributed by atoms with Crippen molar-refractivity contribution in [2.45, 2.75) is 6.92 Å². The summed E-state index contributed by atoms with van der Waals surface area (Å²) in [5.41, 5.74) is 1.97.